The molecule has 1 aliphatic heterocycles. The normalized spacial score (nSPS) is 20.3. The van der Waals surface area contributed by atoms with Crippen LogP contribution in [0.4, 0.5) is 5.82 Å². The molecule has 0 bridgehead atoms. The van der Waals surface area contributed by atoms with Crippen LogP contribution in [0.2, 0.25) is 0 Å². The number of hydrogen-bond acceptors (Lipinski definition) is 5. The molecule has 2 heterocycles. The zero-order valence-electron chi connectivity index (χ0n) is 6.28. The van der Waals surface area contributed by atoms with Crippen molar-refractivity contribution in [3.05, 3.63) is 5.76 Å². The summed E-state index contributed by atoms with van der Waals surface area (Å²) in [5.41, 5.74) is 5.35. The summed E-state index contributed by atoms with van der Waals surface area (Å²) < 4.78 is 27.5. The van der Waals surface area contributed by atoms with E-state index in [1.165, 1.54) is 0 Å². The summed E-state index contributed by atoms with van der Waals surface area (Å²) in [6, 6.07) is 0. The lowest BCUT2D eigenvalue weighted by atomic mass is 10.2. The predicted molar refractivity (Wildman–Crippen MR) is 41.3 cm³/mol. The van der Waals surface area contributed by atoms with Gasteiger partial charge in [0.2, 0.25) is 0 Å². The molecule has 0 radical (unpaired) electrons. The number of fused-ring (bicyclic) bond motifs is 1. The highest BCUT2D eigenvalue weighted by molar-refractivity contribution is 7.91. The second-order valence-corrected chi connectivity index (χ2v) is 4.79. The Hall–Kier alpha value is -1.04. The van der Waals surface area contributed by atoms with Crippen molar-refractivity contribution in [3.8, 4) is 0 Å². The van der Waals surface area contributed by atoms with Crippen LogP contribution < -0.4 is 5.73 Å². The highest BCUT2D eigenvalue weighted by atomic mass is 32.2. The highest BCUT2D eigenvalue weighted by Gasteiger charge is 2.30. The van der Waals surface area contributed by atoms with E-state index in [-0.39, 0.29) is 16.5 Å². The molecule has 0 saturated heterocycles. The quantitative estimate of drug-likeness (QED) is 0.618. The fourth-order valence-corrected chi connectivity index (χ4v) is 2.92. The van der Waals surface area contributed by atoms with Crippen LogP contribution in [0, 0.1) is 0 Å². The van der Waals surface area contributed by atoms with Crippen LogP contribution in [0.3, 0.4) is 0 Å². The number of anilines is 1. The van der Waals surface area contributed by atoms with E-state index in [4.69, 9.17) is 10.3 Å². The number of aryl methyl sites for hydroxylation is 1. The average Bonchev–Trinajstić information content (AvgIpc) is 2.32. The van der Waals surface area contributed by atoms with Crippen molar-refractivity contribution in [2.24, 2.45) is 0 Å². The molecular weight excluding hydrogens is 180 g/mol. The number of sulfone groups is 1. The first kappa shape index (κ1) is 7.60. The third kappa shape index (κ3) is 0.911. The fraction of sp³-hybridized carbons (Fsp3) is 0.500. The van der Waals surface area contributed by atoms with E-state index < -0.39 is 9.84 Å². The molecule has 2 rings (SSSR count). The minimum absolute atomic E-state index is 0.00954. The molecule has 0 atom stereocenters. The van der Waals surface area contributed by atoms with Gasteiger partial charge in [-0.2, -0.15) is 0 Å². The van der Waals surface area contributed by atoms with E-state index in [1.807, 2.05) is 0 Å². The van der Waals surface area contributed by atoms with Gasteiger partial charge in [-0.15, -0.1) is 0 Å². The Morgan fingerprint density at radius 3 is 2.92 bits per heavy atom. The van der Waals surface area contributed by atoms with Crippen molar-refractivity contribution < 1.29 is 12.9 Å². The van der Waals surface area contributed by atoms with Crippen LogP contribution in [0.1, 0.15) is 12.2 Å². The minimum Gasteiger partial charge on any atom is -0.380 e. The molecule has 0 fully saturated rings. The molecule has 2 N–H and O–H groups in total. The number of rotatable bonds is 0. The smallest absolute Gasteiger partial charge is 0.186 e. The molecule has 1 aromatic heterocycles. The summed E-state index contributed by atoms with van der Waals surface area (Å²) in [6.07, 6.45) is 1.20. The van der Waals surface area contributed by atoms with E-state index in [0.717, 1.165) is 0 Å². The number of hydrogen-bond donors (Lipinski definition) is 1. The summed E-state index contributed by atoms with van der Waals surface area (Å²) in [6.45, 7) is 0. The predicted octanol–water partition coefficient (Wildman–Crippen LogP) is -0.0233. The Labute approximate surface area is 69.5 Å². The van der Waals surface area contributed by atoms with E-state index >= 15 is 0 Å². The zero-order chi connectivity index (χ0) is 8.77. The maximum atomic E-state index is 11.4. The van der Waals surface area contributed by atoms with Crippen molar-refractivity contribution in [1.29, 1.82) is 0 Å². The van der Waals surface area contributed by atoms with Gasteiger partial charge in [-0.05, 0) is 6.42 Å². The molecule has 1 aromatic rings. The van der Waals surface area contributed by atoms with Crippen molar-refractivity contribution >= 4 is 15.7 Å². The number of nitrogens with zero attached hydrogens (tertiary/aromatic N) is 1. The van der Waals surface area contributed by atoms with Crippen molar-refractivity contribution in [3.63, 3.8) is 0 Å². The molecule has 0 aromatic carbocycles. The van der Waals surface area contributed by atoms with E-state index in [0.29, 0.717) is 18.6 Å². The largest absolute Gasteiger partial charge is 0.380 e. The van der Waals surface area contributed by atoms with Gasteiger partial charge >= 0.3 is 0 Å². The van der Waals surface area contributed by atoms with Crippen LogP contribution >= 0.6 is 0 Å². The fourth-order valence-electron chi connectivity index (χ4n) is 1.35. The highest BCUT2D eigenvalue weighted by Crippen LogP contribution is 2.29. The van der Waals surface area contributed by atoms with Crippen molar-refractivity contribution in [2.75, 3.05) is 11.5 Å². The number of aromatic nitrogens is 1. The Morgan fingerprint density at radius 1 is 1.50 bits per heavy atom. The first-order valence-corrected chi connectivity index (χ1v) is 5.23. The molecule has 0 spiro atoms. The third-order valence-electron chi connectivity index (χ3n) is 1.87. The molecule has 0 amide bonds. The Morgan fingerprint density at radius 2 is 2.25 bits per heavy atom. The first-order valence-electron chi connectivity index (χ1n) is 3.58. The van der Waals surface area contributed by atoms with Gasteiger partial charge in [0.15, 0.2) is 26.3 Å². The first-order chi connectivity index (χ1) is 5.61. The van der Waals surface area contributed by atoms with E-state index in [1.54, 1.807) is 0 Å². The zero-order valence-corrected chi connectivity index (χ0v) is 7.10. The summed E-state index contributed by atoms with van der Waals surface area (Å²) >= 11 is 0. The van der Waals surface area contributed by atoms with Crippen molar-refractivity contribution in [2.45, 2.75) is 17.7 Å². The summed E-state index contributed by atoms with van der Waals surface area (Å²) in [5.74, 6) is 0.536. The Kier molecular flexibility index (Phi) is 1.41. The summed E-state index contributed by atoms with van der Waals surface area (Å²) in [7, 11) is -3.21. The van der Waals surface area contributed by atoms with Crippen LogP contribution in [0.15, 0.2) is 9.42 Å². The van der Waals surface area contributed by atoms with Crippen LogP contribution in [0.5, 0.6) is 0 Å². The van der Waals surface area contributed by atoms with Gasteiger partial charge < -0.3 is 10.3 Å². The maximum absolute atomic E-state index is 11.4. The van der Waals surface area contributed by atoms with Gasteiger partial charge in [0.25, 0.3) is 0 Å². The topological polar surface area (TPSA) is 86.2 Å². The molecule has 66 valence electrons. The van der Waals surface area contributed by atoms with Gasteiger partial charge in [-0.3, -0.25) is 0 Å². The molecule has 12 heavy (non-hydrogen) atoms. The van der Waals surface area contributed by atoms with Crippen LogP contribution in [-0.4, -0.2) is 19.3 Å². The van der Waals surface area contributed by atoms with Gasteiger partial charge in [0.05, 0.1) is 5.75 Å². The van der Waals surface area contributed by atoms with E-state index in [9.17, 15) is 8.42 Å². The molecule has 5 nitrogen and oxygen atoms in total. The Balaban J connectivity index is 2.72. The summed E-state index contributed by atoms with van der Waals surface area (Å²) in [4.78, 5) is 0.105. The standard InChI is InChI=1S/C6H8N2O3S/c7-6-5-4(11-8-6)2-1-3-12(5,9)10/h1-3H2,(H2,7,8). The lowest BCUT2D eigenvalue weighted by Gasteiger charge is -2.08. The van der Waals surface area contributed by atoms with Gasteiger partial charge in [0, 0.05) is 6.42 Å². The number of nitrogens with two attached hydrogens (primary N) is 1. The SMILES string of the molecule is Nc1noc2c1S(=O)(=O)CCC2. The second kappa shape index (κ2) is 2.22. The lowest BCUT2D eigenvalue weighted by Crippen LogP contribution is -2.15. The molecule has 6 heteroatoms. The molecule has 0 aliphatic carbocycles. The van der Waals surface area contributed by atoms with Gasteiger partial charge in [0.1, 0.15) is 0 Å². The van der Waals surface area contributed by atoms with Crippen LogP contribution in [-0.2, 0) is 16.3 Å². The molecule has 1 aliphatic rings. The molecule has 0 unspecified atom stereocenters. The monoisotopic (exact) mass is 188 g/mol. The minimum atomic E-state index is -3.21. The van der Waals surface area contributed by atoms with Gasteiger partial charge in [-0.25, -0.2) is 8.42 Å². The third-order valence-corrected chi connectivity index (χ3v) is 3.75. The van der Waals surface area contributed by atoms with Crippen molar-refractivity contribution in [1.82, 2.24) is 5.16 Å². The second-order valence-electron chi connectivity index (χ2n) is 2.74. The van der Waals surface area contributed by atoms with Gasteiger partial charge in [-0.1, -0.05) is 5.16 Å². The average molecular weight is 188 g/mol. The number of nitrogen functional groups attached to an aromatic ring is 1. The van der Waals surface area contributed by atoms with E-state index in [2.05, 4.69) is 5.16 Å². The summed E-state index contributed by atoms with van der Waals surface area (Å²) in [5, 5.41) is 3.42. The maximum Gasteiger partial charge on any atom is 0.186 e. The van der Waals surface area contributed by atoms with Crippen LogP contribution in [0.25, 0.3) is 0 Å². The molecular formula is C6H8N2O3S. The molecule has 0 saturated carbocycles. The Bertz CT molecular complexity index is 406. The lowest BCUT2D eigenvalue weighted by molar-refractivity contribution is 0.378.